The maximum absolute atomic E-state index is 13.5. The molecule has 3 aromatic carbocycles. The largest absolute Gasteiger partial charge is 0.457 e. The summed E-state index contributed by atoms with van der Waals surface area (Å²) in [4.78, 5) is 30.8. The second-order valence-electron chi connectivity index (χ2n) is 13.8. The number of nitrogens with zero attached hydrogens (tertiary/aromatic N) is 1. The van der Waals surface area contributed by atoms with Gasteiger partial charge in [-0.05, 0) is 46.1 Å². The SMILES string of the molecule is BC(B)(B)c1ccc(C(=O)OCc2ccc([C@H](C(=O)Nc3ccc4cnccc4c3)C(B)(B)N)cc2)c(C(B)(B)B)c1. The van der Waals surface area contributed by atoms with Gasteiger partial charge in [0.1, 0.15) is 22.3 Å². The van der Waals surface area contributed by atoms with Gasteiger partial charge in [0.25, 0.3) is 0 Å². The van der Waals surface area contributed by atoms with Gasteiger partial charge >= 0.3 is 5.97 Å². The van der Waals surface area contributed by atoms with Crippen molar-refractivity contribution in [1.82, 2.24) is 4.98 Å². The van der Waals surface area contributed by atoms with E-state index in [-0.39, 0.29) is 28.7 Å². The Morgan fingerprint density at radius 2 is 1.52 bits per heavy atom. The quantitative estimate of drug-likeness (QED) is 0.166. The fraction of sp³-hybridized carbons (Fsp3) is 0.179. The Kier molecular flexibility index (Phi) is 8.98. The molecule has 0 aliphatic rings. The number of anilines is 1. The number of fused-ring (bicyclic) bond motifs is 1. The molecule has 42 heavy (non-hydrogen) atoms. The van der Waals surface area contributed by atoms with E-state index in [0.29, 0.717) is 11.3 Å². The Hall–Kier alpha value is -3.51. The van der Waals surface area contributed by atoms with Crippen LogP contribution in [0.5, 0.6) is 0 Å². The van der Waals surface area contributed by atoms with E-state index in [4.69, 9.17) is 10.5 Å². The number of carbonyl (C=O) groups is 2. The summed E-state index contributed by atoms with van der Waals surface area (Å²) in [5.74, 6) is -1.14. The van der Waals surface area contributed by atoms with Crippen LogP contribution in [0.1, 0.15) is 38.5 Å². The molecule has 3 N–H and O–H groups in total. The minimum atomic E-state index is -0.818. The third-order valence-electron chi connectivity index (χ3n) is 7.51. The molecule has 6 nitrogen and oxygen atoms in total. The van der Waals surface area contributed by atoms with Gasteiger partial charge in [0, 0.05) is 23.5 Å². The summed E-state index contributed by atoms with van der Waals surface area (Å²) in [7, 11) is 16.5. The summed E-state index contributed by atoms with van der Waals surface area (Å²) >= 11 is 0. The Balaban J connectivity index is 1.49. The Morgan fingerprint density at radius 1 is 0.833 bits per heavy atom. The summed E-state index contributed by atoms with van der Waals surface area (Å²) in [6.45, 7) is 0.124. The first-order valence-electron chi connectivity index (χ1n) is 14.4. The molecule has 0 unspecified atom stereocenters. The lowest BCUT2D eigenvalue weighted by molar-refractivity contribution is -0.117. The fourth-order valence-corrected chi connectivity index (χ4v) is 5.14. The number of pyridine rings is 1. The zero-order chi connectivity index (χ0) is 30.9. The van der Waals surface area contributed by atoms with E-state index in [1.54, 1.807) is 12.4 Å². The minimum Gasteiger partial charge on any atom is -0.457 e. The normalized spacial score (nSPS) is 12.9. The molecule has 204 valence electrons. The van der Waals surface area contributed by atoms with E-state index >= 15 is 0 Å². The average Bonchev–Trinajstić information content (AvgIpc) is 2.90. The highest BCUT2D eigenvalue weighted by Crippen LogP contribution is 2.28. The zero-order valence-corrected chi connectivity index (χ0v) is 26.0. The Labute approximate surface area is 256 Å². The molecule has 4 aromatic rings. The van der Waals surface area contributed by atoms with E-state index in [9.17, 15) is 9.59 Å². The number of amides is 1. The number of esters is 1. The Morgan fingerprint density at radius 3 is 2.14 bits per heavy atom. The van der Waals surface area contributed by atoms with E-state index in [1.165, 1.54) is 5.56 Å². The molecule has 0 spiro atoms. The van der Waals surface area contributed by atoms with E-state index < -0.39 is 11.3 Å². The highest BCUT2D eigenvalue weighted by Gasteiger charge is 2.33. The van der Waals surface area contributed by atoms with Crippen molar-refractivity contribution in [3.63, 3.8) is 0 Å². The molecule has 0 radical (unpaired) electrons. The standard InChI is InChI=1S/C28H35B8N3O3/c29-26(30,31)19-6-8-21(22(12-19)27(32,33)34)25(41)42-14-15-1-3-16(4-2-15)23(28(35,36)37)24(40)39-20-7-5-18-13-38-10-9-17(18)11-20/h1-13,23H,14,29-37H2,(H,39,40)/t23-/m1/s1. The van der Waals surface area contributed by atoms with Crippen molar-refractivity contribution in [3.8, 4) is 0 Å². The van der Waals surface area contributed by atoms with Gasteiger partial charge in [-0.1, -0.05) is 63.8 Å². The second kappa shape index (κ2) is 12.0. The van der Waals surface area contributed by atoms with E-state index in [0.717, 1.165) is 27.5 Å². The van der Waals surface area contributed by atoms with Gasteiger partial charge in [-0.25, -0.2) is 4.79 Å². The summed E-state index contributed by atoms with van der Waals surface area (Å²) in [6.07, 6.45) is 3.52. The van der Waals surface area contributed by atoms with Crippen LogP contribution in [0.15, 0.2) is 79.1 Å². The van der Waals surface area contributed by atoms with Crippen molar-refractivity contribution in [3.05, 3.63) is 107 Å². The van der Waals surface area contributed by atoms with Crippen LogP contribution in [0.4, 0.5) is 5.69 Å². The first-order chi connectivity index (χ1) is 19.5. The van der Waals surface area contributed by atoms with Crippen LogP contribution in [-0.2, 0) is 26.4 Å². The summed E-state index contributed by atoms with van der Waals surface area (Å²) < 4.78 is 5.76. The van der Waals surface area contributed by atoms with Gasteiger partial charge in [0.15, 0.2) is 0 Å². The molecule has 0 aliphatic carbocycles. The first-order valence-corrected chi connectivity index (χ1v) is 14.4. The Bertz CT molecular complexity index is 1610. The van der Waals surface area contributed by atoms with E-state index in [1.807, 2.05) is 76.4 Å². The van der Waals surface area contributed by atoms with Gasteiger partial charge in [0.2, 0.25) is 5.91 Å². The summed E-state index contributed by atoms with van der Waals surface area (Å²) in [6, 6.07) is 21.2. The molecule has 0 saturated carbocycles. The van der Waals surface area contributed by atoms with Crippen molar-refractivity contribution >= 4 is 91.1 Å². The number of carbonyl (C=O) groups excluding carboxylic acids is 2. The second-order valence-corrected chi connectivity index (χ2v) is 13.8. The van der Waals surface area contributed by atoms with Crippen molar-refractivity contribution in [1.29, 1.82) is 0 Å². The van der Waals surface area contributed by atoms with Crippen LogP contribution in [-0.4, -0.2) is 85.0 Å². The lowest BCUT2D eigenvalue weighted by Gasteiger charge is -2.30. The lowest BCUT2D eigenvalue weighted by Crippen LogP contribution is -2.51. The molecule has 1 heterocycles. The molecule has 0 fully saturated rings. The molecular weight excluding hydrogens is 513 g/mol. The predicted octanol–water partition coefficient (Wildman–Crippen LogP) is -3.79. The topological polar surface area (TPSA) is 94.3 Å². The van der Waals surface area contributed by atoms with Crippen LogP contribution < -0.4 is 11.1 Å². The van der Waals surface area contributed by atoms with Gasteiger partial charge in [-0.15, -0.1) is 0 Å². The van der Waals surface area contributed by atoms with Gasteiger partial charge in [0.05, 0.1) is 58.6 Å². The van der Waals surface area contributed by atoms with Crippen molar-refractivity contribution in [2.75, 3.05) is 5.32 Å². The van der Waals surface area contributed by atoms with Gasteiger partial charge in [-0.3, -0.25) is 9.78 Å². The van der Waals surface area contributed by atoms with Crippen LogP contribution in [0.2, 0.25) is 0 Å². The number of rotatable bonds is 9. The minimum absolute atomic E-state index is 0.0236. The monoisotopic (exact) mass is 549 g/mol. The van der Waals surface area contributed by atoms with Crippen LogP contribution in [0, 0.1) is 0 Å². The molecule has 0 saturated heterocycles. The third-order valence-corrected chi connectivity index (χ3v) is 7.51. The molecule has 4 rings (SSSR count). The third kappa shape index (κ3) is 7.46. The number of aromatic nitrogens is 1. The van der Waals surface area contributed by atoms with Gasteiger partial charge < -0.3 is 15.8 Å². The van der Waals surface area contributed by atoms with Crippen LogP contribution in [0.25, 0.3) is 10.8 Å². The number of nitrogens with one attached hydrogen (secondary N) is 1. The molecule has 1 atom stereocenters. The molecule has 0 bridgehead atoms. The molecular formula is C28H35B8N3O3. The maximum Gasteiger partial charge on any atom is 0.338 e. The number of ether oxygens (including phenoxy) is 1. The van der Waals surface area contributed by atoms with E-state index in [2.05, 4.69) is 63.4 Å². The fourth-order valence-electron chi connectivity index (χ4n) is 5.14. The molecule has 14 heteroatoms. The number of hydrogen-bond acceptors (Lipinski definition) is 5. The number of nitrogens with two attached hydrogens (primary N) is 1. The van der Waals surface area contributed by atoms with Crippen molar-refractivity contribution < 1.29 is 14.3 Å². The zero-order valence-electron chi connectivity index (χ0n) is 26.0. The summed E-state index contributed by atoms with van der Waals surface area (Å²) in [5, 5.41) is 3.97. The lowest BCUT2D eigenvalue weighted by atomic mass is 9.37. The summed E-state index contributed by atoms with van der Waals surface area (Å²) in [5.41, 5.74) is 11.5. The molecule has 0 aliphatic heterocycles. The molecule has 1 amide bonds. The molecule has 1 aromatic heterocycles. The van der Waals surface area contributed by atoms with Crippen molar-refractivity contribution in [2.24, 2.45) is 5.73 Å². The van der Waals surface area contributed by atoms with Crippen LogP contribution >= 0.6 is 0 Å². The smallest absolute Gasteiger partial charge is 0.338 e. The van der Waals surface area contributed by atoms with Gasteiger partial charge in [-0.2, -0.15) is 0 Å². The van der Waals surface area contributed by atoms with Crippen LogP contribution in [0.3, 0.4) is 0 Å². The van der Waals surface area contributed by atoms with Crippen molar-refractivity contribution in [2.45, 2.75) is 28.1 Å². The maximum atomic E-state index is 13.5. The predicted molar refractivity (Wildman–Crippen MR) is 194 cm³/mol. The number of benzene rings is 3. The highest BCUT2D eigenvalue weighted by molar-refractivity contribution is 6.60. The average molecular weight is 548 g/mol. The first kappa shape index (κ1) is 31.4. The highest BCUT2D eigenvalue weighted by atomic mass is 16.5. The number of hydrogen-bond donors (Lipinski definition) is 2.